The van der Waals surface area contributed by atoms with E-state index in [1.807, 2.05) is 24.3 Å². The van der Waals surface area contributed by atoms with Gasteiger partial charge in [-0.15, -0.1) is 5.10 Å². The van der Waals surface area contributed by atoms with Gasteiger partial charge in [-0.05, 0) is 42.7 Å². The third kappa shape index (κ3) is 3.34. The number of aromatic nitrogens is 3. The molecule has 0 amide bonds. The second kappa shape index (κ2) is 7.75. The highest BCUT2D eigenvalue weighted by atomic mass is 32.1. The fraction of sp³-hybridized carbons (Fsp3) is 0.333. The van der Waals surface area contributed by atoms with E-state index >= 15 is 0 Å². The number of likely N-dealkylation sites (tertiary alicyclic amines) is 1. The van der Waals surface area contributed by atoms with Crippen molar-refractivity contribution in [2.45, 2.75) is 25.0 Å². The summed E-state index contributed by atoms with van der Waals surface area (Å²) < 4.78 is 12.3. The van der Waals surface area contributed by atoms with Crippen molar-refractivity contribution in [3.8, 4) is 23.2 Å². The summed E-state index contributed by atoms with van der Waals surface area (Å²) in [5.41, 5.74) is 1.01. The lowest BCUT2D eigenvalue weighted by Gasteiger charge is -2.36. The number of benzene rings is 1. The first-order chi connectivity index (χ1) is 14.6. The third-order valence-electron chi connectivity index (χ3n) is 5.46. The third-order valence-corrected chi connectivity index (χ3v) is 6.54. The highest BCUT2D eigenvalue weighted by Crippen LogP contribution is 2.42. The van der Waals surface area contributed by atoms with Crippen molar-refractivity contribution in [2.75, 3.05) is 20.2 Å². The van der Waals surface area contributed by atoms with Gasteiger partial charge in [0.05, 0.1) is 30.4 Å². The van der Waals surface area contributed by atoms with Gasteiger partial charge >= 0.3 is 0 Å². The zero-order chi connectivity index (χ0) is 20.7. The van der Waals surface area contributed by atoms with Gasteiger partial charge in [-0.2, -0.15) is 9.50 Å². The highest BCUT2D eigenvalue weighted by Gasteiger charge is 2.32. The van der Waals surface area contributed by atoms with E-state index in [2.05, 4.69) is 15.0 Å². The van der Waals surface area contributed by atoms with Gasteiger partial charge in [-0.3, -0.25) is 4.90 Å². The first kappa shape index (κ1) is 19.1. The maximum atomic E-state index is 11.1. The van der Waals surface area contributed by atoms with Crippen molar-refractivity contribution >= 4 is 16.3 Å². The van der Waals surface area contributed by atoms with Gasteiger partial charge in [0.15, 0.2) is 5.76 Å². The molecule has 1 saturated heterocycles. The fourth-order valence-corrected chi connectivity index (χ4v) is 5.04. The number of aliphatic hydroxyl groups is 1. The molecule has 1 aliphatic rings. The number of hydrogen-bond acceptors (Lipinski definition) is 8. The molecule has 0 aliphatic carbocycles. The van der Waals surface area contributed by atoms with E-state index in [0.29, 0.717) is 29.4 Å². The van der Waals surface area contributed by atoms with Gasteiger partial charge in [0.25, 0.3) is 0 Å². The first-order valence-electron chi connectivity index (χ1n) is 9.82. The molecule has 30 heavy (non-hydrogen) atoms. The van der Waals surface area contributed by atoms with Gasteiger partial charge in [0.2, 0.25) is 16.7 Å². The van der Waals surface area contributed by atoms with E-state index in [4.69, 9.17) is 9.15 Å². The average molecular weight is 426 g/mol. The van der Waals surface area contributed by atoms with Crippen molar-refractivity contribution in [3.05, 3.63) is 53.1 Å². The Morgan fingerprint density at radius 2 is 2.07 bits per heavy atom. The largest absolute Gasteiger partial charge is 0.497 e. The molecule has 1 aromatic carbocycles. The number of rotatable bonds is 5. The lowest BCUT2D eigenvalue weighted by Crippen LogP contribution is -2.38. The Morgan fingerprint density at radius 3 is 2.77 bits per heavy atom. The second-order valence-electron chi connectivity index (χ2n) is 7.34. The molecular formula is C21H22N4O4S. The molecule has 8 nitrogen and oxygen atoms in total. The normalized spacial score (nSPS) is 16.9. The lowest BCUT2D eigenvalue weighted by molar-refractivity contribution is 0.0689. The predicted molar refractivity (Wildman–Crippen MR) is 112 cm³/mol. The van der Waals surface area contributed by atoms with Crippen LogP contribution < -0.4 is 4.74 Å². The fourth-order valence-electron chi connectivity index (χ4n) is 3.92. The minimum atomic E-state index is -0.279. The van der Waals surface area contributed by atoms with Crippen LogP contribution in [0.2, 0.25) is 0 Å². The van der Waals surface area contributed by atoms with E-state index in [9.17, 15) is 10.2 Å². The molecule has 1 aliphatic heterocycles. The Bertz CT molecular complexity index is 1150. The molecule has 5 rings (SSSR count). The van der Waals surface area contributed by atoms with Crippen LogP contribution in [0.4, 0.5) is 0 Å². The Morgan fingerprint density at radius 1 is 1.23 bits per heavy atom. The van der Waals surface area contributed by atoms with Gasteiger partial charge in [-0.25, -0.2) is 0 Å². The number of methoxy groups -OCH3 is 1. The van der Waals surface area contributed by atoms with Crippen LogP contribution in [-0.4, -0.2) is 56.0 Å². The van der Waals surface area contributed by atoms with Gasteiger partial charge in [0, 0.05) is 13.1 Å². The monoisotopic (exact) mass is 426 g/mol. The molecular weight excluding hydrogens is 404 g/mol. The average Bonchev–Trinajstić information content (AvgIpc) is 3.49. The van der Waals surface area contributed by atoms with E-state index < -0.39 is 0 Å². The lowest BCUT2D eigenvalue weighted by atomic mass is 9.99. The number of fused-ring (bicyclic) bond motifs is 1. The molecule has 156 valence electrons. The van der Waals surface area contributed by atoms with E-state index in [1.165, 1.54) is 15.9 Å². The molecule has 4 aromatic rings. The number of hydrogen-bond donors (Lipinski definition) is 2. The number of aliphatic hydroxyl groups excluding tert-OH is 1. The molecule has 0 bridgehead atoms. The minimum absolute atomic E-state index is 0.0687. The van der Waals surface area contributed by atoms with Crippen LogP contribution in [0.25, 0.3) is 16.5 Å². The summed E-state index contributed by atoms with van der Waals surface area (Å²) in [5.74, 6) is 1.82. The van der Waals surface area contributed by atoms with Crippen LogP contribution in [0, 0.1) is 0 Å². The van der Waals surface area contributed by atoms with E-state index in [1.54, 1.807) is 25.5 Å². The summed E-state index contributed by atoms with van der Waals surface area (Å²) in [5, 5.41) is 25.5. The van der Waals surface area contributed by atoms with Gasteiger partial charge in [0.1, 0.15) is 5.75 Å². The molecule has 2 N–H and O–H groups in total. The zero-order valence-electron chi connectivity index (χ0n) is 16.4. The molecule has 1 atom stereocenters. The molecule has 4 heterocycles. The summed E-state index contributed by atoms with van der Waals surface area (Å²) in [7, 11) is 1.64. The Kier molecular flexibility index (Phi) is 4.93. The molecule has 0 unspecified atom stereocenters. The molecule has 0 radical (unpaired) electrons. The summed E-state index contributed by atoms with van der Waals surface area (Å²) in [6, 6.07) is 11.2. The van der Waals surface area contributed by atoms with Gasteiger partial charge in [-0.1, -0.05) is 23.5 Å². The van der Waals surface area contributed by atoms with Gasteiger partial charge < -0.3 is 19.4 Å². The first-order valence-corrected chi connectivity index (χ1v) is 10.6. The van der Waals surface area contributed by atoms with Crippen molar-refractivity contribution < 1.29 is 19.4 Å². The summed E-state index contributed by atoms with van der Waals surface area (Å²) >= 11 is 1.41. The second-order valence-corrected chi connectivity index (χ2v) is 8.35. The molecule has 1 fully saturated rings. The number of furan rings is 1. The molecule has 0 spiro atoms. The van der Waals surface area contributed by atoms with Crippen molar-refractivity contribution in [2.24, 2.45) is 0 Å². The Hall–Kier alpha value is -2.88. The van der Waals surface area contributed by atoms with Crippen LogP contribution in [-0.2, 0) is 0 Å². The Balaban J connectivity index is 1.58. The number of aromatic hydroxyl groups is 1. The predicted octanol–water partition coefficient (Wildman–Crippen LogP) is 3.31. The van der Waals surface area contributed by atoms with Crippen molar-refractivity contribution in [3.63, 3.8) is 0 Å². The maximum absolute atomic E-state index is 11.1. The minimum Gasteiger partial charge on any atom is -0.497 e. The highest BCUT2D eigenvalue weighted by molar-refractivity contribution is 7.17. The standard InChI is InChI=1S/C21H22N4O4S/c1-28-15-5-2-4-13(12-15)17(24-9-7-14(26)8-10-24)18-20(27)25-21(30-18)22-19(23-25)16-6-3-11-29-16/h2-6,11-12,14,17,26-27H,7-10H2,1H3/t17-/m0/s1. The quantitative estimate of drug-likeness (QED) is 0.505. The molecule has 0 saturated carbocycles. The van der Waals surface area contributed by atoms with Crippen molar-refractivity contribution in [1.82, 2.24) is 19.5 Å². The smallest absolute Gasteiger partial charge is 0.230 e. The van der Waals surface area contributed by atoms with Crippen LogP contribution in [0.1, 0.15) is 29.3 Å². The van der Waals surface area contributed by atoms with E-state index in [0.717, 1.165) is 29.3 Å². The molecule has 9 heteroatoms. The summed E-state index contributed by atoms with van der Waals surface area (Å²) in [6.45, 7) is 1.46. The van der Waals surface area contributed by atoms with Crippen LogP contribution in [0.15, 0.2) is 47.1 Å². The van der Waals surface area contributed by atoms with Crippen LogP contribution in [0.5, 0.6) is 11.6 Å². The Labute approximate surface area is 177 Å². The SMILES string of the molecule is COc1cccc([C@@H](c2sc3nc(-c4ccco4)nn3c2O)N2CCC(O)CC2)c1. The topological polar surface area (TPSA) is 96.3 Å². The molecule has 3 aromatic heterocycles. The number of piperidine rings is 1. The number of ether oxygens (including phenoxy) is 1. The van der Waals surface area contributed by atoms with Crippen molar-refractivity contribution in [1.29, 1.82) is 0 Å². The zero-order valence-corrected chi connectivity index (χ0v) is 17.2. The number of nitrogens with zero attached hydrogens (tertiary/aromatic N) is 4. The van der Waals surface area contributed by atoms with Crippen LogP contribution in [0.3, 0.4) is 0 Å². The van der Waals surface area contributed by atoms with Crippen LogP contribution >= 0.6 is 11.3 Å². The van der Waals surface area contributed by atoms with E-state index in [-0.39, 0.29) is 18.0 Å². The maximum Gasteiger partial charge on any atom is 0.230 e. The summed E-state index contributed by atoms with van der Waals surface area (Å²) in [4.78, 5) is 8.18. The number of thiazole rings is 1. The summed E-state index contributed by atoms with van der Waals surface area (Å²) in [6.07, 6.45) is 2.69.